The van der Waals surface area contributed by atoms with E-state index < -0.39 is 12.1 Å². The van der Waals surface area contributed by atoms with Gasteiger partial charge < -0.3 is 15.2 Å². The quantitative estimate of drug-likeness (QED) is 0.601. The molecule has 0 saturated carbocycles. The third-order valence-corrected chi connectivity index (χ3v) is 2.72. The van der Waals surface area contributed by atoms with Crippen molar-refractivity contribution < 1.29 is 19.4 Å². The molecular weight excluding hydrogens is 248 g/mol. The zero-order chi connectivity index (χ0) is 15.0. The van der Waals surface area contributed by atoms with E-state index in [9.17, 15) is 14.7 Å². The first-order valence-corrected chi connectivity index (χ1v) is 6.43. The van der Waals surface area contributed by atoms with Gasteiger partial charge in [0.05, 0.1) is 25.3 Å². The van der Waals surface area contributed by atoms with Crippen LogP contribution < -0.4 is 5.32 Å². The minimum Gasteiger partial charge on any atom is -0.389 e. The highest BCUT2D eigenvalue weighted by Crippen LogP contribution is 2.02. The fraction of sp³-hybridized carbons (Fsp3) is 0.846. The van der Waals surface area contributed by atoms with Crippen molar-refractivity contribution in [3.63, 3.8) is 0 Å². The van der Waals surface area contributed by atoms with Gasteiger partial charge >= 0.3 is 0 Å². The standard InChI is InChI=1S/C13H26N2O4/c1-9(2)13(10(3)16)14-12(18)7-15(4)6-11(17)8-19-5/h9,11,13,17H,6-8H2,1-5H3,(H,14,18). The molecule has 0 bridgehead atoms. The summed E-state index contributed by atoms with van der Waals surface area (Å²) in [7, 11) is 3.24. The van der Waals surface area contributed by atoms with Crippen LogP contribution in [0.3, 0.4) is 0 Å². The van der Waals surface area contributed by atoms with Crippen molar-refractivity contribution in [1.82, 2.24) is 10.2 Å². The predicted molar refractivity (Wildman–Crippen MR) is 72.8 cm³/mol. The van der Waals surface area contributed by atoms with Crippen LogP contribution in [-0.4, -0.2) is 67.7 Å². The van der Waals surface area contributed by atoms with Crippen molar-refractivity contribution in [1.29, 1.82) is 0 Å². The Morgan fingerprint density at radius 2 is 1.95 bits per heavy atom. The number of nitrogens with one attached hydrogen (secondary N) is 1. The van der Waals surface area contributed by atoms with E-state index in [0.29, 0.717) is 6.54 Å². The Morgan fingerprint density at radius 3 is 2.37 bits per heavy atom. The first-order chi connectivity index (χ1) is 8.77. The molecule has 2 atom stereocenters. The second-order valence-corrected chi connectivity index (χ2v) is 5.21. The summed E-state index contributed by atoms with van der Waals surface area (Å²) in [6.45, 7) is 5.95. The maximum absolute atomic E-state index is 11.8. The molecule has 19 heavy (non-hydrogen) atoms. The molecular formula is C13H26N2O4. The zero-order valence-corrected chi connectivity index (χ0v) is 12.5. The van der Waals surface area contributed by atoms with Gasteiger partial charge in [-0.3, -0.25) is 14.5 Å². The molecule has 0 aromatic heterocycles. The fourth-order valence-electron chi connectivity index (χ4n) is 1.87. The molecule has 2 N–H and O–H groups in total. The lowest BCUT2D eigenvalue weighted by Crippen LogP contribution is -2.47. The van der Waals surface area contributed by atoms with Gasteiger partial charge in [-0.2, -0.15) is 0 Å². The van der Waals surface area contributed by atoms with Crippen LogP contribution in [0.2, 0.25) is 0 Å². The number of carbonyl (C=O) groups excluding carboxylic acids is 2. The minimum atomic E-state index is -0.628. The first kappa shape index (κ1) is 18.0. The number of hydrogen-bond donors (Lipinski definition) is 2. The van der Waals surface area contributed by atoms with Crippen LogP contribution in [0, 0.1) is 5.92 Å². The van der Waals surface area contributed by atoms with Crippen molar-refractivity contribution in [2.45, 2.75) is 32.9 Å². The summed E-state index contributed by atoms with van der Waals surface area (Å²) in [4.78, 5) is 24.9. The van der Waals surface area contributed by atoms with Crippen molar-refractivity contribution in [3.05, 3.63) is 0 Å². The molecule has 0 aromatic rings. The van der Waals surface area contributed by atoms with Crippen LogP contribution in [0.15, 0.2) is 0 Å². The first-order valence-electron chi connectivity index (χ1n) is 6.43. The van der Waals surface area contributed by atoms with Gasteiger partial charge in [0.1, 0.15) is 0 Å². The van der Waals surface area contributed by atoms with Crippen LogP contribution in [0.25, 0.3) is 0 Å². The Hall–Kier alpha value is -0.980. The number of carbonyl (C=O) groups is 2. The molecule has 0 spiro atoms. The van der Waals surface area contributed by atoms with E-state index in [-0.39, 0.29) is 30.8 Å². The molecule has 0 aromatic carbocycles. The number of aliphatic hydroxyl groups excluding tert-OH is 1. The Bertz CT molecular complexity index is 294. The Labute approximate surface area is 115 Å². The normalized spacial score (nSPS) is 14.5. The van der Waals surface area contributed by atoms with E-state index >= 15 is 0 Å². The number of ketones is 1. The van der Waals surface area contributed by atoms with Crippen molar-refractivity contribution >= 4 is 11.7 Å². The monoisotopic (exact) mass is 274 g/mol. The van der Waals surface area contributed by atoms with Crippen LogP contribution >= 0.6 is 0 Å². The van der Waals surface area contributed by atoms with Gasteiger partial charge in [0, 0.05) is 13.7 Å². The number of nitrogens with zero attached hydrogens (tertiary/aromatic N) is 1. The lowest BCUT2D eigenvalue weighted by Gasteiger charge is -2.23. The molecule has 0 heterocycles. The maximum atomic E-state index is 11.8. The SMILES string of the molecule is COCC(O)CN(C)CC(=O)NC(C(C)=O)C(C)C. The molecule has 6 nitrogen and oxygen atoms in total. The van der Waals surface area contributed by atoms with Gasteiger partial charge in [-0.05, 0) is 19.9 Å². The fourth-order valence-corrected chi connectivity index (χ4v) is 1.87. The summed E-state index contributed by atoms with van der Waals surface area (Å²) in [6.07, 6.45) is -0.628. The van der Waals surface area contributed by atoms with Crippen molar-refractivity contribution in [2.24, 2.45) is 5.92 Å². The molecule has 1 amide bonds. The summed E-state index contributed by atoms with van der Waals surface area (Å²) in [5.74, 6) is -0.211. The Morgan fingerprint density at radius 1 is 1.37 bits per heavy atom. The number of aliphatic hydroxyl groups is 1. The highest BCUT2D eigenvalue weighted by Gasteiger charge is 2.21. The van der Waals surface area contributed by atoms with Gasteiger partial charge in [0.2, 0.25) is 5.91 Å². The van der Waals surface area contributed by atoms with Gasteiger partial charge in [0.25, 0.3) is 0 Å². The van der Waals surface area contributed by atoms with Crippen molar-refractivity contribution in [2.75, 3.05) is 33.9 Å². The second kappa shape index (κ2) is 9.01. The molecule has 0 aliphatic rings. The van der Waals surface area contributed by atoms with E-state index in [1.807, 2.05) is 13.8 Å². The zero-order valence-electron chi connectivity index (χ0n) is 12.5. The van der Waals surface area contributed by atoms with Gasteiger partial charge in [-0.25, -0.2) is 0 Å². The third-order valence-electron chi connectivity index (χ3n) is 2.72. The molecule has 0 radical (unpaired) electrons. The number of likely N-dealkylation sites (N-methyl/N-ethyl adjacent to an activating group) is 1. The predicted octanol–water partition coefficient (Wildman–Crippen LogP) is -0.345. The third kappa shape index (κ3) is 7.92. The van der Waals surface area contributed by atoms with E-state index in [2.05, 4.69) is 5.32 Å². The number of methoxy groups -OCH3 is 1. The topological polar surface area (TPSA) is 78.9 Å². The van der Waals surface area contributed by atoms with Gasteiger partial charge in [0.15, 0.2) is 5.78 Å². The van der Waals surface area contributed by atoms with Crippen LogP contribution in [-0.2, 0) is 14.3 Å². The summed E-state index contributed by atoms with van der Waals surface area (Å²) < 4.78 is 4.82. The number of ether oxygens (including phenoxy) is 1. The van der Waals surface area contributed by atoms with E-state index in [1.54, 1.807) is 11.9 Å². The summed E-state index contributed by atoms with van der Waals surface area (Å²) >= 11 is 0. The maximum Gasteiger partial charge on any atom is 0.234 e. The Kier molecular flexibility index (Phi) is 8.54. The summed E-state index contributed by atoms with van der Waals surface area (Å²) in [5, 5.41) is 12.2. The molecule has 0 saturated heterocycles. The lowest BCUT2D eigenvalue weighted by atomic mass is 10.0. The average Bonchev–Trinajstić information content (AvgIpc) is 2.24. The van der Waals surface area contributed by atoms with Crippen LogP contribution in [0.5, 0.6) is 0 Å². The Balaban J connectivity index is 4.18. The molecule has 0 aliphatic heterocycles. The van der Waals surface area contributed by atoms with Gasteiger partial charge in [-0.15, -0.1) is 0 Å². The number of hydrogen-bond acceptors (Lipinski definition) is 5. The van der Waals surface area contributed by atoms with Crippen LogP contribution in [0.4, 0.5) is 0 Å². The number of Topliss-reactive ketones (excluding diaryl/α,β-unsaturated/α-hetero) is 1. The second-order valence-electron chi connectivity index (χ2n) is 5.21. The molecule has 0 aliphatic carbocycles. The van der Waals surface area contributed by atoms with E-state index in [1.165, 1.54) is 14.0 Å². The molecule has 6 heteroatoms. The highest BCUT2D eigenvalue weighted by atomic mass is 16.5. The van der Waals surface area contributed by atoms with E-state index in [0.717, 1.165) is 0 Å². The lowest BCUT2D eigenvalue weighted by molar-refractivity contribution is -0.128. The highest BCUT2D eigenvalue weighted by molar-refractivity contribution is 5.88. The summed E-state index contributed by atoms with van der Waals surface area (Å²) in [6, 6.07) is -0.454. The molecule has 0 rings (SSSR count). The molecule has 0 fully saturated rings. The molecule has 112 valence electrons. The molecule has 2 unspecified atom stereocenters. The number of amides is 1. The number of rotatable bonds is 9. The average molecular weight is 274 g/mol. The largest absolute Gasteiger partial charge is 0.389 e. The smallest absolute Gasteiger partial charge is 0.234 e. The van der Waals surface area contributed by atoms with Crippen LogP contribution in [0.1, 0.15) is 20.8 Å². The van der Waals surface area contributed by atoms with Crippen molar-refractivity contribution in [3.8, 4) is 0 Å². The minimum absolute atomic E-state index is 0.0505. The van der Waals surface area contributed by atoms with Gasteiger partial charge in [-0.1, -0.05) is 13.8 Å². The van der Waals surface area contributed by atoms with E-state index in [4.69, 9.17) is 4.74 Å². The summed E-state index contributed by atoms with van der Waals surface area (Å²) in [5.41, 5.74) is 0.